The first-order valence-corrected chi connectivity index (χ1v) is 6.06. The summed E-state index contributed by atoms with van der Waals surface area (Å²) in [4.78, 5) is 0. The summed E-state index contributed by atoms with van der Waals surface area (Å²) in [7, 11) is 0. The molecule has 2 atom stereocenters. The second-order valence-electron chi connectivity index (χ2n) is 5.52. The fraction of sp³-hybridized carbons (Fsp3) is 1.00. The van der Waals surface area contributed by atoms with Crippen LogP contribution in [0.25, 0.3) is 0 Å². The minimum absolute atomic E-state index is 0.211. The predicted molar refractivity (Wildman–Crippen MR) is 68.1 cm³/mol. The lowest BCUT2D eigenvalue weighted by Gasteiger charge is -2.26. The van der Waals surface area contributed by atoms with Gasteiger partial charge in [0.2, 0.25) is 0 Å². The van der Waals surface area contributed by atoms with Crippen molar-refractivity contribution in [2.24, 2.45) is 5.73 Å². The van der Waals surface area contributed by atoms with E-state index in [2.05, 4.69) is 45.3 Å². The molecule has 3 nitrogen and oxygen atoms in total. The fourth-order valence-corrected chi connectivity index (χ4v) is 1.71. The van der Waals surface area contributed by atoms with Crippen molar-refractivity contribution < 1.29 is 0 Å². The number of hydrogen-bond acceptors (Lipinski definition) is 3. The summed E-state index contributed by atoms with van der Waals surface area (Å²) in [5, 5.41) is 7.04. The molecule has 0 fully saturated rings. The van der Waals surface area contributed by atoms with Gasteiger partial charge in [0.05, 0.1) is 0 Å². The Morgan fingerprint density at radius 2 is 1.67 bits per heavy atom. The molecule has 2 unspecified atom stereocenters. The van der Waals surface area contributed by atoms with Crippen molar-refractivity contribution in [1.82, 2.24) is 10.6 Å². The van der Waals surface area contributed by atoms with E-state index >= 15 is 0 Å². The zero-order valence-corrected chi connectivity index (χ0v) is 11.1. The smallest absolute Gasteiger partial charge is 0.00989 e. The van der Waals surface area contributed by atoms with Crippen LogP contribution in [-0.4, -0.2) is 30.7 Å². The van der Waals surface area contributed by atoms with Crippen molar-refractivity contribution in [3.63, 3.8) is 0 Å². The third kappa shape index (κ3) is 10.2. The number of nitrogens with two attached hydrogens (primary N) is 1. The monoisotopic (exact) mass is 215 g/mol. The van der Waals surface area contributed by atoms with Crippen LogP contribution in [0.5, 0.6) is 0 Å². The Hall–Kier alpha value is -0.120. The first kappa shape index (κ1) is 14.9. The van der Waals surface area contributed by atoms with E-state index in [1.165, 1.54) is 0 Å². The second kappa shape index (κ2) is 7.20. The molecule has 0 rings (SSSR count). The number of hydrogen-bond donors (Lipinski definition) is 3. The van der Waals surface area contributed by atoms with Crippen molar-refractivity contribution in [2.75, 3.05) is 13.1 Å². The normalized spacial score (nSPS) is 16.4. The van der Waals surface area contributed by atoms with E-state index < -0.39 is 0 Å². The van der Waals surface area contributed by atoms with Crippen molar-refractivity contribution >= 4 is 0 Å². The SMILES string of the molecule is CC(CCN)NCCC(C)NC(C)(C)C. The van der Waals surface area contributed by atoms with Gasteiger partial charge in [-0.05, 0) is 60.5 Å². The lowest BCUT2D eigenvalue weighted by atomic mass is 10.1. The Kier molecular flexibility index (Phi) is 7.14. The fourth-order valence-electron chi connectivity index (χ4n) is 1.71. The standard InChI is InChI=1S/C12H29N3/c1-10(6-8-13)14-9-7-11(2)15-12(3,4)5/h10-11,14-15H,6-9,13H2,1-5H3. The van der Waals surface area contributed by atoms with Gasteiger partial charge in [-0.1, -0.05) is 0 Å². The summed E-state index contributed by atoms with van der Waals surface area (Å²) < 4.78 is 0. The Balaban J connectivity index is 3.50. The van der Waals surface area contributed by atoms with Crippen LogP contribution in [0.15, 0.2) is 0 Å². The summed E-state index contributed by atoms with van der Waals surface area (Å²) >= 11 is 0. The first-order valence-electron chi connectivity index (χ1n) is 6.06. The highest BCUT2D eigenvalue weighted by Gasteiger charge is 2.13. The molecular formula is C12H29N3. The minimum atomic E-state index is 0.211. The number of nitrogens with one attached hydrogen (secondary N) is 2. The third-order valence-corrected chi connectivity index (χ3v) is 2.35. The Bertz CT molecular complexity index is 151. The number of rotatable bonds is 7. The zero-order valence-electron chi connectivity index (χ0n) is 11.1. The Labute approximate surface area is 95.2 Å². The lowest BCUT2D eigenvalue weighted by Crippen LogP contribution is -2.43. The molecule has 0 heterocycles. The van der Waals surface area contributed by atoms with Crippen LogP contribution in [-0.2, 0) is 0 Å². The van der Waals surface area contributed by atoms with Crippen LogP contribution in [0.4, 0.5) is 0 Å². The maximum Gasteiger partial charge on any atom is 0.00989 e. The highest BCUT2D eigenvalue weighted by molar-refractivity contribution is 4.76. The molecule has 15 heavy (non-hydrogen) atoms. The molecule has 0 aliphatic heterocycles. The Morgan fingerprint density at radius 3 is 2.13 bits per heavy atom. The molecule has 92 valence electrons. The van der Waals surface area contributed by atoms with Gasteiger partial charge in [-0.15, -0.1) is 0 Å². The maximum atomic E-state index is 5.49. The molecule has 0 radical (unpaired) electrons. The van der Waals surface area contributed by atoms with Crippen molar-refractivity contribution in [1.29, 1.82) is 0 Å². The van der Waals surface area contributed by atoms with Crippen LogP contribution < -0.4 is 16.4 Å². The molecule has 0 spiro atoms. The van der Waals surface area contributed by atoms with Crippen molar-refractivity contribution in [2.45, 2.75) is 65.1 Å². The highest BCUT2D eigenvalue weighted by atomic mass is 15.0. The van der Waals surface area contributed by atoms with E-state index in [-0.39, 0.29) is 5.54 Å². The van der Waals surface area contributed by atoms with Gasteiger partial charge in [0.1, 0.15) is 0 Å². The minimum Gasteiger partial charge on any atom is -0.330 e. The molecule has 0 saturated carbocycles. The van der Waals surface area contributed by atoms with Crippen LogP contribution in [0.2, 0.25) is 0 Å². The van der Waals surface area contributed by atoms with Crippen LogP contribution in [0.3, 0.4) is 0 Å². The molecule has 0 aliphatic carbocycles. The van der Waals surface area contributed by atoms with Gasteiger partial charge in [-0.2, -0.15) is 0 Å². The Morgan fingerprint density at radius 1 is 1.07 bits per heavy atom. The van der Waals surface area contributed by atoms with Gasteiger partial charge >= 0.3 is 0 Å². The van der Waals surface area contributed by atoms with Crippen molar-refractivity contribution in [3.8, 4) is 0 Å². The van der Waals surface area contributed by atoms with Gasteiger partial charge in [0.15, 0.2) is 0 Å². The molecule has 0 aromatic heterocycles. The molecule has 0 aliphatic rings. The molecule has 0 bridgehead atoms. The summed E-state index contributed by atoms with van der Waals surface area (Å²) in [6.07, 6.45) is 2.22. The summed E-state index contributed by atoms with van der Waals surface area (Å²) in [5.41, 5.74) is 5.70. The van der Waals surface area contributed by atoms with Crippen LogP contribution >= 0.6 is 0 Å². The zero-order chi connectivity index (χ0) is 11.9. The lowest BCUT2D eigenvalue weighted by molar-refractivity contribution is 0.352. The second-order valence-corrected chi connectivity index (χ2v) is 5.52. The molecule has 0 saturated heterocycles. The average Bonchev–Trinajstić information content (AvgIpc) is 2.00. The summed E-state index contributed by atoms with van der Waals surface area (Å²) in [5.74, 6) is 0. The summed E-state index contributed by atoms with van der Waals surface area (Å²) in [6, 6.07) is 1.10. The van der Waals surface area contributed by atoms with Gasteiger partial charge in [-0.25, -0.2) is 0 Å². The third-order valence-electron chi connectivity index (χ3n) is 2.35. The van der Waals surface area contributed by atoms with E-state index in [0.717, 1.165) is 25.9 Å². The highest BCUT2D eigenvalue weighted by Crippen LogP contribution is 2.03. The van der Waals surface area contributed by atoms with E-state index in [1.807, 2.05) is 0 Å². The van der Waals surface area contributed by atoms with Gasteiger partial charge in [-0.3, -0.25) is 0 Å². The van der Waals surface area contributed by atoms with E-state index in [0.29, 0.717) is 12.1 Å². The largest absolute Gasteiger partial charge is 0.330 e. The topological polar surface area (TPSA) is 50.1 Å². The molecule has 0 aromatic carbocycles. The van der Waals surface area contributed by atoms with Crippen molar-refractivity contribution in [3.05, 3.63) is 0 Å². The quantitative estimate of drug-likeness (QED) is 0.603. The van der Waals surface area contributed by atoms with Crippen LogP contribution in [0, 0.1) is 0 Å². The van der Waals surface area contributed by atoms with Gasteiger partial charge in [0, 0.05) is 17.6 Å². The van der Waals surface area contributed by atoms with Gasteiger partial charge in [0.25, 0.3) is 0 Å². The van der Waals surface area contributed by atoms with E-state index in [1.54, 1.807) is 0 Å². The van der Waals surface area contributed by atoms with Crippen LogP contribution in [0.1, 0.15) is 47.5 Å². The first-order chi connectivity index (χ1) is 6.85. The molecule has 4 N–H and O–H groups in total. The van der Waals surface area contributed by atoms with E-state index in [4.69, 9.17) is 5.73 Å². The average molecular weight is 215 g/mol. The molecule has 0 aromatic rings. The predicted octanol–water partition coefficient (Wildman–Crippen LogP) is 1.48. The molecular weight excluding hydrogens is 186 g/mol. The molecule has 0 amide bonds. The maximum absolute atomic E-state index is 5.49. The summed E-state index contributed by atoms with van der Waals surface area (Å²) in [6.45, 7) is 12.9. The van der Waals surface area contributed by atoms with E-state index in [9.17, 15) is 0 Å². The molecule has 3 heteroatoms. The van der Waals surface area contributed by atoms with Gasteiger partial charge < -0.3 is 16.4 Å².